The summed E-state index contributed by atoms with van der Waals surface area (Å²) in [6.07, 6.45) is 1.90. The van der Waals surface area contributed by atoms with Crippen LogP contribution in [0.4, 0.5) is 10.1 Å². The molecule has 0 radical (unpaired) electrons. The average molecular weight is 232 g/mol. The number of hydrogen-bond acceptors (Lipinski definition) is 3. The highest BCUT2D eigenvalue weighted by atomic mass is 35.5. The zero-order chi connectivity index (χ0) is 11.0. The van der Waals surface area contributed by atoms with Crippen molar-refractivity contribution in [3.63, 3.8) is 0 Å². The summed E-state index contributed by atoms with van der Waals surface area (Å²) in [7, 11) is 0. The van der Waals surface area contributed by atoms with Gasteiger partial charge in [0.2, 0.25) is 5.82 Å². The van der Waals surface area contributed by atoms with Crippen LogP contribution in [0.15, 0.2) is 12.1 Å². The molecular formula is C9H7ClFNO3. The molecule has 0 saturated heterocycles. The molecule has 0 unspecified atom stereocenters. The van der Waals surface area contributed by atoms with Crippen LogP contribution in [0.1, 0.15) is 12.8 Å². The molecule has 1 aliphatic rings. The summed E-state index contributed by atoms with van der Waals surface area (Å²) in [5.74, 6) is -0.873. The topological polar surface area (TPSA) is 52.4 Å². The van der Waals surface area contributed by atoms with Crippen molar-refractivity contribution in [3.05, 3.63) is 33.1 Å². The van der Waals surface area contributed by atoms with Gasteiger partial charge in [0.05, 0.1) is 11.0 Å². The van der Waals surface area contributed by atoms with E-state index in [1.807, 2.05) is 0 Å². The number of rotatable bonds is 3. The molecule has 0 bridgehead atoms. The zero-order valence-electron chi connectivity index (χ0n) is 7.57. The summed E-state index contributed by atoms with van der Waals surface area (Å²) in [5, 5.41) is 10.1. The van der Waals surface area contributed by atoms with Crippen LogP contribution in [0.2, 0.25) is 5.02 Å². The van der Waals surface area contributed by atoms with E-state index in [-0.39, 0.29) is 16.9 Å². The summed E-state index contributed by atoms with van der Waals surface area (Å²) in [4.78, 5) is 9.57. The smallest absolute Gasteiger partial charge is 0.306 e. The van der Waals surface area contributed by atoms with Gasteiger partial charge in [-0.25, -0.2) is 0 Å². The second-order valence-corrected chi connectivity index (χ2v) is 3.66. The maximum Gasteiger partial charge on any atom is 0.306 e. The summed E-state index contributed by atoms with van der Waals surface area (Å²) in [5.41, 5.74) is -0.636. The van der Waals surface area contributed by atoms with Crippen molar-refractivity contribution in [2.45, 2.75) is 18.9 Å². The Labute approximate surface area is 89.8 Å². The van der Waals surface area contributed by atoms with Gasteiger partial charge in [0.15, 0.2) is 0 Å². The van der Waals surface area contributed by atoms with Gasteiger partial charge in [-0.1, -0.05) is 11.6 Å². The van der Waals surface area contributed by atoms with E-state index in [9.17, 15) is 14.5 Å². The second-order valence-electron chi connectivity index (χ2n) is 3.29. The molecule has 2 rings (SSSR count). The normalized spacial score (nSPS) is 15.1. The van der Waals surface area contributed by atoms with Crippen molar-refractivity contribution in [1.82, 2.24) is 0 Å². The lowest BCUT2D eigenvalue weighted by Crippen LogP contribution is -1.99. The Hall–Kier alpha value is -1.36. The predicted molar refractivity (Wildman–Crippen MR) is 51.7 cm³/mol. The van der Waals surface area contributed by atoms with Gasteiger partial charge in [0, 0.05) is 6.07 Å². The van der Waals surface area contributed by atoms with Crippen molar-refractivity contribution in [3.8, 4) is 5.75 Å². The largest absolute Gasteiger partial charge is 0.489 e. The Morgan fingerprint density at radius 2 is 2.20 bits per heavy atom. The Morgan fingerprint density at radius 3 is 2.73 bits per heavy atom. The zero-order valence-corrected chi connectivity index (χ0v) is 8.33. The van der Waals surface area contributed by atoms with Crippen LogP contribution < -0.4 is 4.74 Å². The molecule has 1 aromatic rings. The molecule has 0 heterocycles. The van der Waals surface area contributed by atoms with Crippen molar-refractivity contribution < 1.29 is 14.1 Å². The number of hydrogen-bond donors (Lipinski definition) is 0. The molecule has 1 aromatic carbocycles. The van der Waals surface area contributed by atoms with Gasteiger partial charge < -0.3 is 4.74 Å². The third-order valence-electron chi connectivity index (χ3n) is 2.04. The number of ether oxygens (including phenoxy) is 1. The van der Waals surface area contributed by atoms with E-state index in [0.29, 0.717) is 0 Å². The Bertz CT molecular complexity index is 420. The fourth-order valence-electron chi connectivity index (χ4n) is 1.12. The standard InChI is InChI=1S/C9H7ClFNO3/c10-8-7(15-5-1-2-5)4-3-6(9(8)11)12(13)14/h3-5H,1-2H2. The van der Waals surface area contributed by atoms with Crippen LogP contribution in [0.3, 0.4) is 0 Å². The van der Waals surface area contributed by atoms with Crippen molar-refractivity contribution >= 4 is 17.3 Å². The van der Waals surface area contributed by atoms with E-state index in [2.05, 4.69) is 0 Å². The van der Waals surface area contributed by atoms with Gasteiger partial charge in [0.1, 0.15) is 10.8 Å². The highest BCUT2D eigenvalue weighted by Gasteiger charge is 2.27. The van der Waals surface area contributed by atoms with Gasteiger partial charge in [0.25, 0.3) is 0 Å². The molecule has 0 amide bonds. The maximum absolute atomic E-state index is 13.3. The van der Waals surface area contributed by atoms with Crippen LogP contribution in [-0.2, 0) is 0 Å². The molecule has 1 saturated carbocycles. The number of halogens is 2. The average Bonchev–Trinajstić information content (AvgIpc) is 2.96. The maximum atomic E-state index is 13.3. The fraction of sp³-hybridized carbons (Fsp3) is 0.333. The minimum atomic E-state index is -1.04. The molecule has 6 heteroatoms. The van der Waals surface area contributed by atoms with E-state index in [4.69, 9.17) is 16.3 Å². The lowest BCUT2D eigenvalue weighted by atomic mass is 10.3. The SMILES string of the molecule is O=[N+]([O-])c1ccc(OC2CC2)c(Cl)c1F. The molecule has 0 aromatic heterocycles. The van der Waals surface area contributed by atoms with Crippen molar-refractivity contribution in [2.24, 2.45) is 0 Å². The highest BCUT2D eigenvalue weighted by molar-refractivity contribution is 6.32. The fourth-order valence-corrected chi connectivity index (χ4v) is 1.32. The summed E-state index contributed by atoms with van der Waals surface area (Å²) in [6, 6.07) is 2.38. The Balaban J connectivity index is 2.34. The number of benzene rings is 1. The predicted octanol–water partition coefficient (Wildman–Crippen LogP) is 2.93. The molecule has 1 aliphatic carbocycles. The Kier molecular flexibility index (Phi) is 2.48. The van der Waals surface area contributed by atoms with Crippen LogP contribution in [-0.4, -0.2) is 11.0 Å². The number of nitro groups is 1. The first-order valence-electron chi connectivity index (χ1n) is 4.38. The highest BCUT2D eigenvalue weighted by Crippen LogP contribution is 2.36. The molecule has 15 heavy (non-hydrogen) atoms. The lowest BCUT2D eigenvalue weighted by Gasteiger charge is -2.06. The van der Waals surface area contributed by atoms with E-state index >= 15 is 0 Å². The van der Waals surface area contributed by atoms with Crippen LogP contribution in [0.25, 0.3) is 0 Å². The van der Waals surface area contributed by atoms with Crippen molar-refractivity contribution in [1.29, 1.82) is 0 Å². The van der Waals surface area contributed by atoms with Gasteiger partial charge in [-0.15, -0.1) is 0 Å². The summed E-state index contributed by atoms with van der Waals surface area (Å²) >= 11 is 5.61. The third kappa shape index (κ3) is 2.02. The molecule has 0 spiro atoms. The first-order valence-corrected chi connectivity index (χ1v) is 4.76. The van der Waals surface area contributed by atoms with E-state index in [1.54, 1.807) is 0 Å². The molecule has 4 nitrogen and oxygen atoms in total. The van der Waals surface area contributed by atoms with E-state index < -0.39 is 16.4 Å². The van der Waals surface area contributed by atoms with Crippen LogP contribution >= 0.6 is 11.6 Å². The molecular weight excluding hydrogens is 225 g/mol. The summed E-state index contributed by atoms with van der Waals surface area (Å²) < 4.78 is 18.6. The summed E-state index contributed by atoms with van der Waals surface area (Å²) in [6.45, 7) is 0. The number of nitro benzene ring substituents is 1. The van der Waals surface area contributed by atoms with Crippen LogP contribution in [0.5, 0.6) is 5.75 Å². The lowest BCUT2D eigenvalue weighted by molar-refractivity contribution is -0.387. The van der Waals surface area contributed by atoms with Gasteiger partial charge in [-0.2, -0.15) is 4.39 Å². The molecule has 1 fully saturated rings. The monoisotopic (exact) mass is 231 g/mol. The second kappa shape index (κ2) is 3.66. The van der Waals surface area contributed by atoms with E-state index in [1.165, 1.54) is 6.07 Å². The number of nitrogens with zero attached hydrogens (tertiary/aromatic N) is 1. The van der Waals surface area contributed by atoms with Gasteiger partial charge in [-0.3, -0.25) is 10.1 Å². The first-order chi connectivity index (χ1) is 7.09. The van der Waals surface area contributed by atoms with Crippen molar-refractivity contribution in [2.75, 3.05) is 0 Å². The minimum Gasteiger partial charge on any atom is -0.489 e. The van der Waals surface area contributed by atoms with Gasteiger partial charge in [-0.05, 0) is 18.9 Å². The minimum absolute atomic E-state index is 0.0726. The third-order valence-corrected chi connectivity index (χ3v) is 2.39. The molecule has 0 atom stereocenters. The molecule has 0 aliphatic heterocycles. The molecule has 80 valence electrons. The Morgan fingerprint density at radius 1 is 1.53 bits per heavy atom. The van der Waals surface area contributed by atoms with E-state index in [0.717, 1.165) is 18.9 Å². The first kappa shape index (κ1) is 10.2. The van der Waals surface area contributed by atoms with Gasteiger partial charge >= 0.3 is 5.69 Å². The van der Waals surface area contributed by atoms with Crippen LogP contribution in [0, 0.1) is 15.9 Å². The quantitative estimate of drug-likeness (QED) is 0.594. The molecule has 0 N–H and O–H groups in total.